The molecule has 0 atom stereocenters. The van der Waals surface area contributed by atoms with Crippen LogP contribution in [0.3, 0.4) is 0 Å². The number of nitrogens with zero attached hydrogens (tertiary/aromatic N) is 1. The number of nitrogens with two attached hydrogens (primary N) is 1. The molecule has 2 aromatic carbocycles. The van der Waals surface area contributed by atoms with E-state index in [-0.39, 0.29) is 11.7 Å². The van der Waals surface area contributed by atoms with Crippen molar-refractivity contribution in [2.45, 2.75) is 6.92 Å². The molecule has 2 aromatic rings. The van der Waals surface area contributed by atoms with Gasteiger partial charge in [0.2, 0.25) is 0 Å². The lowest BCUT2D eigenvalue weighted by atomic mass is 10.1. The summed E-state index contributed by atoms with van der Waals surface area (Å²) in [7, 11) is 1.69. The molecule has 0 aliphatic rings. The summed E-state index contributed by atoms with van der Waals surface area (Å²) >= 11 is 4.90. The number of aromatic hydroxyl groups is 1. The first-order valence-corrected chi connectivity index (χ1v) is 6.78. The van der Waals surface area contributed by atoms with Gasteiger partial charge in [-0.2, -0.15) is 0 Å². The van der Waals surface area contributed by atoms with E-state index in [2.05, 4.69) is 0 Å². The van der Waals surface area contributed by atoms with Crippen molar-refractivity contribution in [3.8, 4) is 5.75 Å². The molecule has 0 saturated heterocycles. The average Bonchev–Trinajstić information content (AvgIpc) is 2.48. The predicted octanol–water partition coefficient (Wildman–Crippen LogP) is 2.61. The fourth-order valence-electron chi connectivity index (χ4n) is 1.95. The molecule has 0 aromatic heterocycles. The third kappa shape index (κ3) is 3.20. The molecule has 21 heavy (non-hydrogen) atoms. The largest absolute Gasteiger partial charge is 0.508 e. The highest BCUT2D eigenvalue weighted by molar-refractivity contribution is 7.80. The molecule has 0 heterocycles. The van der Waals surface area contributed by atoms with Crippen molar-refractivity contribution in [2.75, 3.05) is 11.9 Å². The summed E-state index contributed by atoms with van der Waals surface area (Å²) in [6.07, 6.45) is 0. The Hall–Kier alpha value is -2.40. The van der Waals surface area contributed by atoms with E-state index in [0.717, 1.165) is 11.3 Å². The van der Waals surface area contributed by atoms with Gasteiger partial charge in [-0.25, -0.2) is 0 Å². The fourth-order valence-corrected chi connectivity index (χ4v) is 2.08. The average molecular weight is 300 g/mol. The van der Waals surface area contributed by atoms with Crippen molar-refractivity contribution in [3.63, 3.8) is 0 Å². The summed E-state index contributed by atoms with van der Waals surface area (Å²) in [4.78, 5) is 14.3. The molecule has 0 radical (unpaired) electrons. The number of hydrogen-bond acceptors (Lipinski definition) is 3. The Morgan fingerprint density at radius 1 is 1.14 bits per heavy atom. The number of carbonyl (C=O) groups excluding carboxylic acids is 1. The first-order valence-electron chi connectivity index (χ1n) is 6.37. The van der Waals surface area contributed by atoms with Crippen molar-refractivity contribution < 1.29 is 9.90 Å². The smallest absolute Gasteiger partial charge is 0.258 e. The van der Waals surface area contributed by atoms with Crippen molar-refractivity contribution in [3.05, 3.63) is 59.2 Å². The Kier molecular flexibility index (Phi) is 4.23. The molecule has 0 saturated carbocycles. The Labute approximate surface area is 128 Å². The van der Waals surface area contributed by atoms with Crippen LogP contribution in [0.2, 0.25) is 0 Å². The van der Waals surface area contributed by atoms with Gasteiger partial charge >= 0.3 is 0 Å². The molecule has 0 bridgehead atoms. The van der Waals surface area contributed by atoms with Gasteiger partial charge in [0, 0.05) is 23.9 Å². The molecule has 0 aliphatic heterocycles. The normalized spacial score (nSPS) is 10.2. The van der Waals surface area contributed by atoms with Crippen molar-refractivity contribution >= 4 is 28.8 Å². The molecular formula is C16H16N2O2S. The minimum Gasteiger partial charge on any atom is -0.508 e. The number of anilines is 1. The third-order valence-corrected chi connectivity index (χ3v) is 3.52. The van der Waals surface area contributed by atoms with Gasteiger partial charge in [-0.3, -0.25) is 4.79 Å². The van der Waals surface area contributed by atoms with Crippen LogP contribution in [0.25, 0.3) is 0 Å². The molecule has 108 valence electrons. The summed E-state index contributed by atoms with van der Waals surface area (Å²) in [5, 5.41) is 9.51. The van der Waals surface area contributed by atoms with E-state index in [9.17, 15) is 9.90 Å². The Bertz CT molecular complexity index is 696. The summed E-state index contributed by atoms with van der Waals surface area (Å²) in [6.45, 7) is 1.75. The molecule has 1 amide bonds. The second-order valence-electron chi connectivity index (χ2n) is 4.78. The van der Waals surface area contributed by atoms with E-state index < -0.39 is 0 Å². The molecule has 0 unspecified atom stereocenters. The highest BCUT2D eigenvalue weighted by Gasteiger charge is 2.14. The van der Waals surface area contributed by atoms with Gasteiger partial charge in [-0.15, -0.1) is 0 Å². The van der Waals surface area contributed by atoms with Gasteiger partial charge in [-0.1, -0.05) is 12.2 Å². The topological polar surface area (TPSA) is 66.6 Å². The number of benzene rings is 2. The van der Waals surface area contributed by atoms with Crippen LogP contribution in [0.4, 0.5) is 5.69 Å². The predicted molar refractivity (Wildman–Crippen MR) is 87.9 cm³/mol. The molecule has 5 heteroatoms. The molecule has 2 rings (SSSR count). The van der Waals surface area contributed by atoms with E-state index in [4.69, 9.17) is 18.0 Å². The summed E-state index contributed by atoms with van der Waals surface area (Å²) in [5.41, 5.74) is 8.23. The second-order valence-corrected chi connectivity index (χ2v) is 5.22. The van der Waals surface area contributed by atoms with Crippen LogP contribution in [0.15, 0.2) is 42.5 Å². The Balaban J connectivity index is 2.25. The van der Waals surface area contributed by atoms with Crippen molar-refractivity contribution in [2.24, 2.45) is 5.73 Å². The van der Waals surface area contributed by atoms with Crippen LogP contribution in [-0.4, -0.2) is 23.0 Å². The maximum absolute atomic E-state index is 12.4. The number of rotatable bonds is 3. The van der Waals surface area contributed by atoms with E-state index in [1.165, 1.54) is 11.0 Å². The van der Waals surface area contributed by atoms with Gasteiger partial charge in [0.15, 0.2) is 0 Å². The van der Waals surface area contributed by atoms with Crippen LogP contribution in [0, 0.1) is 6.92 Å². The number of thiocarbonyl (C=S) groups is 1. The standard InChI is InChI=1S/C16H16N2O2S/c1-10-9-12(5-8-14(10)19)16(20)18(2)13-6-3-11(4-7-13)15(17)21/h3-9,19H,1-2H3,(H2,17,21). The number of phenolic OH excluding ortho intramolecular Hbond substituents is 1. The number of amides is 1. The minimum atomic E-state index is -0.152. The quantitative estimate of drug-likeness (QED) is 0.855. The lowest BCUT2D eigenvalue weighted by Gasteiger charge is -2.18. The molecule has 4 nitrogen and oxygen atoms in total. The number of phenols is 1. The first kappa shape index (κ1) is 15.0. The molecular weight excluding hydrogens is 284 g/mol. The van der Waals surface area contributed by atoms with E-state index in [1.54, 1.807) is 50.4 Å². The van der Waals surface area contributed by atoms with Gasteiger partial charge < -0.3 is 15.7 Å². The highest BCUT2D eigenvalue weighted by atomic mass is 32.1. The van der Waals surface area contributed by atoms with Crippen molar-refractivity contribution in [1.82, 2.24) is 0 Å². The van der Waals surface area contributed by atoms with Gasteiger partial charge in [0.05, 0.1) is 0 Å². The Morgan fingerprint density at radius 2 is 1.71 bits per heavy atom. The number of aryl methyl sites for hydroxylation is 1. The zero-order chi connectivity index (χ0) is 15.6. The minimum absolute atomic E-state index is 0.152. The van der Waals surface area contributed by atoms with Crippen molar-refractivity contribution in [1.29, 1.82) is 0 Å². The first-order chi connectivity index (χ1) is 9.90. The molecule has 0 fully saturated rings. The number of hydrogen-bond donors (Lipinski definition) is 2. The van der Waals surface area contributed by atoms with Crippen LogP contribution in [-0.2, 0) is 0 Å². The van der Waals surface area contributed by atoms with Gasteiger partial charge in [0.1, 0.15) is 10.7 Å². The van der Waals surface area contributed by atoms with Gasteiger partial charge in [0.25, 0.3) is 5.91 Å². The maximum Gasteiger partial charge on any atom is 0.258 e. The third-order valence-electron chi connectivity index (χ3n) is 3.29. The molecule has 3 N–H and O–H groups in total. The number of carbonyl (C=O) groups is 1. The van der Waals surface area contributed by atoms with Crippen LogP contribution in [0.5, 0.6) is 5.75 Å². The zero-order valence-electron chi connectivity index (χ0n) is 11.8. The fraction of sp³-hybridized carbons (Fsp3) is 0.125. The lowest BCUT2D eigenvalue weighted by Crippen LogP contribution is -2.26. The maximum atomic E-state index is 12.4. The summed E-state index contributed by atoms with van der Waals surface area (Å²) in [5.74, 6) is 0.0242. The SMILES string of the molecule is Cc1cc(C(=O)N(C)c2ccc(C(N)=S)cc2)ccc1O. The second kappa shape index (κ2) is 5.93. The van der Waals surface area contributed by atoms with Crippen LogP contribution >= 0.6 is 12.2 Å². The van der Waals surface area contributed by atoms with Gasteiger partial charge in [-0.05, 0) is 55.0 Å². The lowest BCUT2D eigenvalue weighted by molar-refractivity contribution is 0.0993. The monoisotopic (exact) mass is 300 g/mol. The zero-order valence-corrected chi connectivity index (χ0v) is 12.6. The molecule has 0 aliphatic carbocycles. The van der Waals surface area contributed by atoms with E-state index >= 15 is 0 Å². The van der Waals surface area contributed by atoms with E-state index in [0.29, 0.717) is 16.1 Å². The molecule has 0 spiro atoms. The summed E-state index contributed by atoms with van der Waals surface area (Å²) < 4.78 is 0. The van der Waals surface area contributed by atoms with Crippen LogP contribution < -0.4 is 10.6 Å². The highest BCUT2D eigenvalue weighted by Crippen LogP contribution is 2.20. The van der Waals surface area contributed by atoms with Crippen LogP contribution in [0.1, 0.15) is 21.5 Å². The van der Waals surface area contributed by atoms with E-state index in [1.807, 2.05) is 0 Å². The summed E-state index contributed by atoms with van der Waals surface area (Å²) in [6, 6.07) is 11.9. The Morgan fingerprint density at radius 3 is 2.24 bits per heavy atom.